The number of benzene rings is 1. The Bertz CT molecular complexity index is 907. The third-order valence-electron chi connectivity index (χ3n) is 3.35. The summed E-state index contributed by atoms with van der Waals surface area (Å²) in [5.74, 6) is 0.0735. The maximum Gasteiger partial charge on any atom is 0.235 e. The van der Waals surface area contributed by atoms with Gasteiger partial charge in [-0.15, -0.1) is 11.3 Å². The molecule has 0 unspecified atom stereocenters. The topological polar surface area (TPSA) is 70.7 Å². The van der Waals surface area contributed by atoms with Crippen LogP contribution in [-0.2, 0) is 4.79 Å². The van der Waals surface area contributed by atoms with E-state index in [0.717, 1.165) is 16.4 Å². The van der Waals surface area contributed by atoms with Gasteiger partial charge in [-0.25, -0.2) is 4.98 Å². The summed E-state index contributed by atoms with van der Waals surface area (Å²) in [6.45, 7) is 2.04. The van der Waals surface area contributed by atoms with Crippen LogP contribution < -0.4 is 5.32 Å². The normalized spacial score (nSPS) is 10.3. The summed E-state index contributed by atoms with van der Waals surface area (Å²) < 4.78 is 1.97. The number of aryl methyl sites for hydroxylation is 1. The van der Waals surface area contributed by atoms with E-state index in [0.29, 0.717) is 10.6 Å². The highest BCUT2D eigenvalue weighted by molar-refractivity contribution is 7.99. The van der Waals surface area contributed by atoms with E-state index in [1.165, 1.54) is 23.1 Å². The van der Waals surface area contributed by atoms with Crippen molar-refractivity contribution in [1.82, 2.24) is 9.55 Å². The Labute approximate surface area is 148 Å². The number of thiophene rings is 1. The van der Waals surface area contributed by atoms with E-state index in [1.807, 2.05) is 42.0 Å². The van der Waals surface area contributed by atoms with E-state index in [1.54, 1.807) is 17.6 Å². The zero-order valence-electron chi connectivity index (χ0n) is 12.9. The Morgan fingerprint density at radius 1 is 1.42 bits per heavy atom. The first-order valence-electron chi connectivity index (χ1n) is 7.18. The van der Waals surface area contributed by atoms with E-state index in [-0.39, 0.29) is 11.7 Å². The van der Waals surface area contributed by atoms with Gasteiger partial charge in [0.05, 0.1) is 17.0 Å². The van der Waals surface area contributed by atoms with E-state index in [9.17, 15) is 4.79 Å². The molecule has 0 saturated carbocycles. The number of hydrogen-bond acceptors (Lipinski definition) is 5. The Morgan fingerprint density at radius 3 is 3.04 bits per heavy atom. The first-order chi connectivity index (χ1) is 11.7. The Balaban J connectivity index is 1.68. The quantitative estimate of drug-likeness (QED) is 0.707. The van der Waals surface area contributed by atoms with Crippen molar-refractivity contribution >= 4 is 34.0 Å². The predicted molar refractivity (Wildman–Crippen MR) is 96.7 cm³/mol. The summed E-state index contributed by atoms with van der Waals surface area (Å²) in [5.41, 5.74) is 2.67. The molecule has 0 aliphatic heterocycles. The largest absolute Gasteiger partial charge is 0.316 e. The van der Waals surface area contributed by atoms with Crippen molar-refractivity contribution in [3.63, 3.8) is 0 Å². The van der Waals surface area contributed by atoms with Crippen LogP contribution in [0.3, 0.4) is 0 Å². The molecule has 0 spiro atoms. The first kappa shape index (κ1) is 16.3. The number of nitrogens with zero attached hydrogens (tertiary/aromatic N) is 3. The van der Waals surface area contributed by atoms with Crippen LogP contribution in [0.5, 0.6) is 0 Å². The molecule has 0 atom stereocenters. The lowest BCUT2D eigenvalue weighted by atomic mass is 10.2. The molecule has 0 bridgehead atoms. The zero-order chi connectivity index (χ0) is 16.9. The molecular formula is C17H14N4OS2. The average Bonchev–Trinajstić information content (AvgIpc) is 3.22. The third kappa shape index (κ3) is 3.50. The molecule has 2 aromatic heterocycles. The number of carbonyl (C=O) groups is 1. The van der Waals surface area contributed by atoms with Crippen molar-refractivity contribution in [2.75, 3.05) is 11.1 Å². The molecule has 5 nitrogen and oxygen atoms in total. The summed E-state index contributed by atoms with van der Waals surface area (Å²) in [7, 11) is 0. The Hall–Kier alpha value is -2.56. The molecule has 0 fully saturated rings. The van der Waals surface area contributed by atoms with Crippen LogP contribution in [0.1, 0.15) is 11.1 Å². The van der Waals surface area contributed by atoms with Crippen molar-refractivity contribution < 1.29 is 4.79 Å². The third-order valence-corrected chi connectivity index (χ3v) is 5.15. The van der Waals surface area contributed by atoms with Crippen molar-refractivity contribution in [1.29, 1.82) is 5.26 Å². The number of anilines is 1. The van der Waals surface area contributed by atoms with Crippen LogP contribution in [0.2, 0.25) is 0 Å². The minimum absolute atomic E-state index is 0.154. The van der Waals surface area contributed by atoms with Crippen molar-refractivity contribution in [2.45, 2.75) is 12.1 Å². The molecule has 0 radical (unpaired) electrons. The average molecular weight is 354 g/mol. The second kappa shape index (κ2) is 7.34. The molecule has 24 heavy (non-hydrogen) atoms. The Morgan fingerprint density at radius 2 is 2.25 bits per heavy atom. The number of para-hydroxylation sites is 1. The summed E-state index contributed by atoms with van der Waals surface area (Å²) >= 11 is 2.71. The van der Waals surface area contributed by atoms with E-state index >= 15 is 0 Å². The maximum absolute atomic E-state index is 12.1. The lowest BCUT2D eigenvalue weighted by molar-refractivity contribution is -0.113. The maximum atomic E-state index is 12.1. The minimum Gasteiger partial charge on any atom is -0.316 e. The van der Waals surface area contributed by atoms with Gasteiger partial charge in [-0.2, -0.15) is 5.26 Å². The van der Waals surface area contributed by atoms with E-state index in [2.05, 4.69) is 16.4 Å². The summed E-state index contributed by atoms with van der Waals surface area (Å²) in [5, 5.41) is 14.9. The van der Waals surface area contributed by atoms with Crippen LogP contribution >= 0.6 is 23.1 Å². The fourth-order valence-corrected chi connectivity index (χ4v) is 3.72. The molecule has 1 amide bonds. The number of hydrogen-bond donors (Lipinski definition) is 1. The van der Waals surface area contributed by atoms with Gasteiger partial charge in [0.1, 0.15) is 11.1 Å². The smallest absolute Gasteiger partial charge is 0.235 e. The predicted octanol–water partition coefficient (Wildman–Crippen LogP) is 3.84. The second-order valence-corrected chi connectivity index (χ2v) is 6.84. The highest BCUT2D eigenvalue weighted by Crippen LogP contribution is 2.25. The molecule has 7 heteroatoms. The molecule has 1 N–H and O–H groups in total. The van der Waals surface area contributed by atoms with Crippen molar-refractivity contribution in [3.05, 3.63) is 59.2 Å². The number of carbonyl (C=O) groups excluding carboxylic acids is 1. The van der Waals surface area contributed by atoms with Gasteiger partial charge in [-0.1, -0.05) is 30.0 Å². The lowest BCUT2D eigenvalue weighted by Gasteiger charge is -2.10. The summed E-state index contributed by atoms with van der Waals surface area (Å²) in [6.07, 6.45) is 3.61. The molecule has 1 aromatic carbocycles. The lowest BCUT2D eigenvalue weighted by Crippen LogP contribution is -2.14. The van der Waals surface area contributed by atoms with E-state index in [4.69, 9.17) is 5.26 Å². The zero-order valence-corrected chi connectivity index (χ0v) is 14.5. The van der Waals surface area contributed by atoms with Gasteiger partial charge < -0.3 is 5.32 Å². The molecule has 0 saturated heterocycles. The molecule has 0 aliphatic carbocycles. The molecule has 120 valence electrons. The molecular weight excluding hydrogens is 340 g/mol. The number of amides is 1. The van der Waals surface area contributed by atoms with Crippen LogP contribution in [0.25, 0.3) is 5.69 Å². The van der Waals surface area contributed by atoms with Gasteiger partial charge in [-0.3, -0.25) is 9.36 Å². The van der Waals surface area contributed by atoms with Gasteiger partial charge >= 0.3 is 0 Å². The molecule has 2 heterocycles. The van der Waals surface area contributed by atoms with Crippen molar-refractivity contribution in [2.24, 2.45) is 0 Å². The summed E-state index contributed by atoms with van der Waals surface area (Å²) in [6, 6.07) is 11.8. The van der Waals surface area contributed by atoms with Crippen LogP contribution in [0, 0.1) is 18.3 Å². The highest BCUT2D eigenvalue weighted by Gasteiger charge is 2.12. The van der Waals surface area contributed by atoms with Crippen LogP contribution in [0.4, 0.5) is 5.00 Å². The van der Waals surface area contributed by atoms with E-state index < -0.39 is 0 Å². The van der Waals surface area contributed by atoms with Gasteiger partial charge in [0.25, 0.3) is 0 Å². The fraction of sp³-hybridized carbons (Fsp3) is 0.118. The van der Waals surface area contributed by atoms with Crippen LogP contribution in [-0.4, -0.2) is 21.2 Å². The SMILES string of the molecule is Cc1ccccc1-n1ccnc1SCC(=O)Nc1sccc1C#N. The highest BCUT2D eigenvalue weighted by atomic mass is 32.2. The standard InChI is InChI=1S/C17H14N4OS2/c1-12-4-2-3-5-14(12)21-8-7-19-17(21)24-11-15(22)20-16-13(10-18)6-9-23-16/h2-9H,11H2,1H3,(H,20,22). The number of imidazole rings is 1. The number of thioether (sulfide) groups is 1. The Kier molecular flexibility index (Phi) is 4.99. The molecule has 0 aliphatic rings. The summed E-state index contributed by atoms with van der Waals surface area (Å²) in [4.78, 5) is 16.4. The number of rotatable bonds is 5. The van der Waals surface area contributed by atoms with Gasteiger partial charge in [0.15, 0.2) is 5.16 Å². The van der Waals surface area contributed by atoms with Gasteiger partial charge in [0.2, 0.25) is 5.91 Å². The van der Waals surface area contributed by atoms with Crippen LogP contribution in [0.15, 0.2) is 53.3 Å². The minimum atomic E-state index is -0.154. The van der Waals surface area contributed by atoms with Gasteiger partial charge in [0, 0.05) is 12.4 Å². The number of nitriles is 1. The first-order valence-corrected chi connectivity index (χ1v) is 9.05. The number of aromatic nitrogens is 2. The second-order valence-electron chi connectivity index (χ2n) is 4.98. The number of nitrogens with one attached hydrogen (secondary N) is 1. The van der Waals surface area contributed by atoms with Crippen molar-refractivity contribution in [3.8, 4) is 11.8 Å². The molecule has 3 rings (SSSR count). The fourth-order valence-electron chi connectivity index (χ4n) is 2.20. The monoisotopic (exact) mass is 354 g/mol. The van der Waals surface area contributed by atoms with Gasteiger partial charge in [-0.05, 0) is 30.0 Å². The molecule has 3 aromatic rings.